The first-order valence-electron chi connectivity index (χ1n) is 10.4. The van der Waals surface area contributed by atoms with Crippen molar-refractivity contribution < 1.29 is 23.7 Å². The first kappa shape index (κ1) is 23.9. The molecule has 0 atom stereocenters. The van der Waals surface area contributed by atoms with Crippen LogP contribution in [0.5, 0.6) is 11.5 Å². The molecular formula is C23H29ClN2O6. The molecule has 0 unspecified atom stereocenters. The average molecular weight is 465 g/mol. The molecule has 2 aromatic rings. The van der Waals surface area contributed by atoms with E-state index in [1.807, 2.05) is 4.57 Å². The van der Waals surface area contributed by atoms with Crippen LogP contribution in [0, 0.1) is 0 Å². The van der Waals surface area contributed by atoms with E-state index in [0.29, 0.717) is 54.1 Å². The zero-order chi connectivity index (χ0) is 23.5. The Labute approximate surface area is 192 Å². The molecule has 1 aliphatic heterocycles. The maximum Gasteiger partial charge on any atom is 0.414 e. The first-order valence-corrected chi connectivity index (χ1v) is 10.8. The van der Waals surface area contributed by atoms with Crippen LogP contribution in [0.4, 0.5) is 10.5 Å². The summed E-state index contributed by atoms with van der Waals surface area (Å²) in [7, 11) is 3.16. The highest BCUT2D eigenvalue weighted by Crippen LogP contribution is 2.40. The lowest BCUT2D eigenvalue weighted by atomic mass is 10.1. The minimum atomic E-state index is -0.667. The number of anilines is 1. The topological polar surface area (TPSA) is 79.2 Å². The number of carbonyl (C=O) groups excluding carboxylic acids is 1. The van der Waals surface area contributed by atoms with Gasteiger partial charge in [0.05, 0.1) is 23.9 Å². The second kappa shape index (κ2) is 9.83. The lowest BCUT2D eigenvalue weighted by Crippen LogP contribution is -2.36. The predicted octanol–water partition coefficient (Wildman–Crippen LogP) is 4.35. The van der Waals surface area contributed by atoms with Crippen molar-refractivity contribution in [1.82, 2.24) is 4.57 Å². The van der Waals surface area contributed by atoms with E-state index in [1.54, 1.807) is 46.2 Å². The van der Waals surface area contributed by atoms with Crippen molar-refractivity contribution in [3.63, 3.8) is 0 Å². The number of carbonyl (C=O) groups is 1. The largest absolute Gasteiger partial charge is 0.492 e. The number of benzene rings is 1. The number of fused-ring (bicyclic) bond motifs is 3. The van der Waals surface area contributed by atoms with Gasteiger partial charge in [-0.15, -0.1) is 0 Å². The smallest absolute Gasteiger partial charge is 0.414 e. The Hall–Kier alpha value is -2.71. The number of methoxy groups -OCH3 is 1. The highest BCUT2D eigenvalue weighted by atomic mass is 35.5. The summed E-state index contributed by atoms with van der Waals surface area (Å²) in [6, 6.07) is 4.96. The highest BCUT2D eigenvalue weighted by Gasteiger charge is 2.25. The fourth-order valence-corrected chi connectivity index (χ4v) is 3.48. The molecule has 9 heteroatoms. The van der Waals surface area contributed by atoms with Crippen LogP contribution in [0.15, 0.2) is 29.2 Å². The van der Waals surface area contributed by atoms with Crippen LogP contribution in [0.2, 0.25) is 5.02 Å². The monoisotopic (exact) mass is 464 g/mol. The van der Waals surface area contributed by atoms with E-state index in [2.05, 4.69) is 0 Å². The summed E-state index contributed by atoms with van der Waals surface area (Å²) in [6.45, 7) is 7.24. The Morgan fingerprint density at radius 2 is 2.00 bits per heavy atom. The van der Waals surface area contributed by atoms with Crippen LogP contribution >= 0.6 is 11.6 Å². The summed E-state index contributed by atoms with van der Waals surface area (Å²) < 4.78 is 24.0. The van der Waals surface area contributed by atoms with Crippen molar-refractivity contribution in [2.45, 2.75) is 39.3 Å². The van der Waals surface area contributed by atoms with Crippen LogP contribution in [0.3, 0.4) is 0 Å². The van der Waals surface area contributed by atoms with Crippen LogP contribution in [0.1, 0.15) is 27.2 Å². The number of hydrogen-bond acceptors (Lipinski definition) is 6. The van der Waals surface area contributed by atoms with Gasteiger partial charge in [0, 0.05) is 51.1 Å². The molecule has 1 amide bonds. The van der Waals surface area contributed by atoms with Gasteiger partial charge in [-0.1, -0.05) is 11.6 Å². The molecule has 0 aliphatic carbocycles. The molecule has 1 aliphatic rings. The third-order valence-electron chi connectivity index (χ3n) is 4.79. The van der Waals surface area contributed by atoms with E-state index in [0.717, 1.165) is 6.42 Å². The van der Waals surface area contributed by atoms with E-state index in [-0.39, 0.29) is 11.1 Å². The SMILES string of the molecule is COCCCOc1cc2c(cc1Cl)-c1cc(=O)c(N(C)C(=O)OC(C)(C)C)cn1CCO2. The van der Waals surface area contributed by atoms with Crippen LogP contribution in [0.25, 0.3) is 11.3 Å². The number of pyridine rings is 1. The molecule has 0 spiro atoms. The fourth-order valence-electron chi connectivity index (χ4n) is 3.26. The van der Waals surface area contributed by atoms with E-state index in [9.17, 15) is 9.59 Å². The van der Waals surface area contributed by atoms with Crippen molar-refractivity contribution in [2.75, 3.05) is 38.9 Å². The molecule has 0 fully saturated rings. The minimum Gasteiger partial charge on any atom is -0.492 e. The van der Waals surface area contributed by atoms with Crippen molar-refractivity contribution in [2.24, 2.45) is 0 Å². The van der Waals surface area contributed by atoms with Gasteiger partial charge in [0.15, 0.2) is 0 Å². The van der Waals surface area contributed by atoms with E-state index in [1.165, 1.54) is 18.0 Å². The molecule has 32 heavy (non-hydrogen) atoms. The minimum absolute atomic E-state index is 0.218. The zero-order valence-corrected chi connectivity index (χ0v) is 19.8. The standard InChI is InChI=1S/C23H29ClN2O6/c1-23(2,3)32-22(28)25(4)18-14-26-7-10-31-20-13-21(30-9-6-8-29-5)16(24)11-15(20)17(26)12-19(18)27/h11-14H,6-10H2,1-5H3. The Bertz CT molecular complexity index is 1040. The van der Waals surface area contributed by atoms with Crippen molar-refractivity contribution in [3.8, 4) is 22.8 Å². The molecule has 0 radical (unpaired) electrons. The van der Waals surface area contributed by atoms with Gasteiger partial charge in [-0.05, 0) is 26.8 Å². The van der Waals surface area contributed by atoms with Gasteiger partial charge in [0.2, 0.25) is 5.43 Å². The van der Waals surface area contributed by atoms with E-state index >= 15 is 0 Å². The zero-order valence-electron chi connectivity index (χ0n) is 19.1. The molecule has 0 N–H and O–H groups in total. The Morgan fingerprint density at radius 1 is 1.25 bits per heavy atom. The summed E-state index contributed by atoms with van der Waals surface area (Å²) >= 11 is 6.45. The van der Waals surface area contributed by atoms with Gasteiger partial charge in [0.1, 0.15) is 29.4 Å². The second-order valence-corrected chi connectivity index (χ2v) is 8.87. The van der Waals surface area contributed by atoms with Crippen molar-refractivity contribution >= 4 is 23.4 Å². The van der Waals surface area contributed by atoms with Gasteiger partial charge in [-0.3, -0.25) is 9.69 Å². The number of halogens is 1. The molecule has 1 aromatic carbocycles. The quantitative estimate of drug-likeness (QED) is 0.591. The summed E-state index contributed by atoms with van der Waals surface area (Å²) in [4.78, 5) is 26.6. The van der Waals surface area contributed by atoms with E-state index in [4.69, 9.17) is 30.5 Å². The summed E-state index contributed by atoms with van der Waals surface area (Å²) in [5.41, 5.74) is 0.571. The maximum absolute atomic E-state index is 12.9. The molecule has 2 heterocycles. The Balaban J connectivity index is 1.94. The van der Waals surface area contributed by atoms with Crippen LogP contribution in [-0.2, 0) is 16.0 Å². The average Bonchev–Trinajstić information content (AvgIpc) is 2.87. The third-order valence-corrected chi connectivity index (χ3v) is 5.08. The molecule has 8 nitrogen and oxygen atoms in total. The van der Waals surface area contributed by atoms with Gasteiger partial charge in [0.25, 0.3) is 0 Å². The van der Waals surface area contributed by atoms with Gasteiger partial charge in [-0.2, -0.15) is 0 Å². The molecule has 0 bridgehead atoms. The maximum atomic E-state index is 12.9. The Kier molecular flexibility index (Phi) is 7.36. The predicted molar refractivity (Wildman–Crippen MR) is 123 cm³/mol. The normalized spacial score (nSPS) is 12.8. The first-order chi connectivity index (χ1) is 15.1. The highest BCUT2D eigenvalue weighted by molar-refractivity contribution is 6.32. The van der Waals surface area contributed by atoms with Gasteiger partial charge in [-0.25, -0.2) is 4.79 Å². The molecule has 0 saturated carbocycles. The van der Waals surface area contributed by atoms with Crippen molar-refractivity contribution in [3.05, 3.63) is 39.6 Å². The van der Waals surface area contributed by atoms with Crippen LogP contribution < -0.4 is 19.8 Å². The molecule has 174 valence electrons. The summed E-state index contributed by atoms with van der Waals surface area (Å²) in [5.74, 6) is 1.09. The number of rotatable bonds is 6. The van der Waals surface area contributed by atoms with Crippen molar-refractivity contribution in [1.29, 1.82) is 0 Å². The lowest BCUT2D eigenvalue weighted by molar-refractivity contribution is 0.0589. The second-order valence-electron chi connectivity index (χ2n) is 8.46. The summed E-state index contributed by atoms with van der Waals surface area (Å²) in [5, 5.41) is 0.417. The molecule has 3 rings (SSSR count). The molecule has 1 aromatic heterocycles. The lowest BCUT2D eigenvalue weighted by Gasteiger charge is -2.25. The number of nitrogens with zero attached hydrogens (tertiary/aromatic N) is 2. The number of aromatic nitrogens is 1. The Morgan fingerprint density at radius 3 is 2.69 bits per heavy atom. The van der Waals surface area contributed by atoms with Gasteiger partial charge >= 0.3 is 6.09 Å². The molecular weight excluding hydrogens is 436 g/mol. The van der Waals surface area contributed by atoms with E-state index < -0.39 is 11.7 Å². The van der Waals surface area contributed by atoms with Gasteiger partial charge < -0.3 is 23.5 Å². The number of hydrogen-bond donors (Lipinski definition) is 0. The van der Waals surface area contributed by atoms with Crippen LogP contribution in [-0.4, -0.2) is 50.2 Å². The number of amides is 1. The number of ether oxygens (including phenoxy) is 4. The third kappa shape index (κ3) is 5.55. The molecule has 0 saturated heterocycles. The summed E-state index contributed by atoms with van der Waals surface area (Å²) in [6.07, 6.45) is 1.78. The fraction of sp³-hybridized carbons (Fsp3) is 0.478.